The topological polar surface area (TPSA) is 97.0 Å². The molecule has 0 saturated heterocycles. The van der Waals surface area contributed by atoms with Crippen LogP contribution in [0.25, 0.3) is 22.1 Å². The molecule has 0 unspecified atom stereocenters. The largest absolute Gasteiger partial charge is 0.491 e. The van der Waals surface area contributed by atoms with Crippen LogP contribution in [0.3, 0.4) is 0 Å². The monoisotopic (exact) mass is 279 g/mol. The lowest BCUT2D eigenvalue weighted by Crippen LogP contribution is -1.97. The molecule has 0 saturated carbocycles. The maximum atomic E-state index is 9.91. The van der Waals surface area contributed by atoms with Crippen LogP contribution < -0.4 is 5.32 Å². The van der Waals surface area contributed by atoms with Crippen molar-refractivity contribution in [1.29, 1.82) is 0 Å². The predicted octanol–water partition coefficient (Wildman–Crippen LogP) is 2.62. The number of aromatic nitrogens is 4. The van der Waals surface area contributed by atoms with Crippen molar-refractivity contribution in [3.05, 3.63) is 42.5 Å². The molecule has 7 heteroatoms. The zero-order chi connectivity index (χ0) is 14.2. The molecule has 7 nitrogen and oxygen atoms in total. The van der Waals surface area contributed by atoms with Gasteiger partial charge in [0, 0.05) is 11.1 Å². The average molecular weight is 279 g/mol. The molecule has 0 aliphatic carbocycles. The highest BCUT2D eigenvalue weighted by molar-refractivity contribution is 5.95. The van der Waals surface area contributed by atoms with Gasteiger partial charge in [-0.25, -0.2) is 4.63 Å². The van der Waals surface area contributed by atoms with Crippen molar-refractivity contribution in [2.75, 3.05) is 5.32 Å². The molecule has 4 rings (SSSR count). The Balaban J connectivity index is 1.84. The zero-order valence-corrected chi connectivity index (χ0v) is 10.7. The number of aromatic hydroxyl groups is 1. The van der Waals surface area contributed by atoms with Gasteiger partial charge in [0.15, 0.2) is 5.82 Å². The van der Waals surface area contributed by atoms with E-state index in [0.717, 1.165) is 16.5 Å². The first kappa shape index (κ1) is 11.6. The summed E-state index contributed by atoms with van der Waals surface area (Å²) in [6, 6.07) is 13.7. The quantitative estimate of drug-likeness (QED) is 0.582. The SMILES string of the molecule is Oc1nc2nonc2nc1Nc1cccc2ccccc12. The first-order valence-electron chi connectivity index (χ1n) is 6.25. The summed E-state index contributed by atoms with van der Waals surface area (Å²) >= 11 is 0. The van der Waals surface area contributed by atoms with E-state index < -0.39 is 0 Å². The van der Waals surface area contributed by atoms with E-state index in [1.807, 2.05) is 42.5 Å². The minimum absolute atomic E-state index is 0.163. The van der Waals surface area contributed by atoms with Crippen molar-refractivity contribution in [2.45, 2.75) is 0 Å². The van der Waals surface area contributed by atoms with Crippen molar-refractivity contribution in [2.24, 2.45) is 0 Å². The Labute approximate surface area is 118 Å². The van der Waals surface area contributed by atoms with E-state index in [9.17, 15) is 5.11 Å². The van der Waals surface area contributed by atoms with Crippen LogP contribution in [-0.4, -0.2) is 25.4 Å². The third-order valence-corrected chi connectivity index (χ3v) is 3.14. The van der Waals surface area contributed by atoms with Crippen LogP contribution in [0.1, 0.15) is 0 Å². The molecule has 0 amide bonds. The Bertz CT molecular complexity index is 945. The fourth-order valence-electron chi connectivity index (χ4n) is 2.18. The Morgan fingerprint density at radius 3 is 2.57 bits per heavy atom. The number of nitrogens with zero attached hydrogens (tertiary/aromatic N) is 4. The smallest absolute Gasteiger partial charge is 0.257 e. The van der Waals surface area contributed by atoms with Crippen LogP contribution in [0.2, 0.25) is 0 Å². The number of rotatable bonds is 2. The van der Waals surface area contributed by atoms with E-state index in [0.29, 0.717) is 0 Å². The second kappa shape index (κ2) is 4.41. The first-order chi connectivity index (χ1) is 10.3. The van der Waals surface area contributed by atoms with Gasteiger partial charge < -0.3 is 10.4 Å². The molecule has 0 radical (unpaired) electrons. The molecular weight excluding hydrogens is 270 g/mol. The molecule has 21 heavy (non-hydrogen) atoms. The van der Waals surface area contributed by atoms with E-state index in [-0.39, 0.29) is 23.0 Å². The molecule has 2 aromatic heterocycles. The standard InChI is InChI=1S/C14H9N5O2/c20-14-13(16-11-12(17-14)19-21-18-11)15-10-7-3-5-8-4-1-2-6-9(8)10/h1-7H,(H,15,16,18)(H,17,19,20). The number of nitrogens with one attached hydrogen (secondary N) is 1. The van der Waals surface area contributed by atoms with Gasteiger partial charge in [-0.1, -0.05) is 36.4 Å². The molecule has 4 aromatic rings. The van der Waals surface area contributed by atoms with Gasteiger partial charge in [0.05, 0.1) is 0 Å². The molecule has 0 fully saturated rings. The van der Waals surface area contributed by atoms with Crippen molar-refractivity contribution in [1.82, 2.24) is 20.3 Å². The molecule has 0 bridgehead atoms. The Hall–Kier alpha value is -3.22. The maximum absolute atomic E-state index is 9.91. The van der Waals surface area contributed by atoms with Gasteiger partial charge in [0.2, 0.25) is 11.3 Å². The lowest BCUT2D eigenvalue weighted by atomic mass is 10.1. The van der Waals surface area contributed by atoms with Gasteiger partial charge in [0.25, 0.3) is 5.88 Å². The normalized spacial score (nSPS) is 11.0. The van der Waals surface area contributed by atoms with E-state index in [4.69, 9.17) is 0 Å². The minimum Gasteiger partial charge on any atom is -0.491 e. The molecule has 2 heterocycles. The van der Waals surface area contributed by atoms with Crippen LogP contribution in [0.5, 0.6) is 5.88 Å². The molecule has 102 valence electrons. The van der Waals surface area contributed by atoms with Crippen LogP contribution in [0, 0.1) is 0 Å². The summed E-state index contributed by atoms with van der Waals surface area (Å²) in [5, 5.41) is 22.2. The van der Waals surface area contributed by atoms with Crippen molar-refractivity contribution >= 4 is 33.6 Å². The highest BCUT2D eigenvalue weighted by Crippen LogP contribution is 2.29. The van der Waals surface area contributed by atoms with E-state index in [1.54, 1.807) is 0 Å². The molecule has 0 aliphatic rings. The highest BCUT2D eigenvalue weighted by atomic mass is 16.6. The van der Waals surface area contributed by atoms with Crippen molar-refractivity contribution in [3.8, 4) is 5.88 Å². The van der Waals surface area contributed by atoms with Gasteiger partial charge in [0.1, 0.15) is 0 Å². The van der Waals surface area contributed by atoms with E-state index in [2.05, 4.69) is 30.2 Å². The molecule has 0 spiro atoms. The van der Waals surface area contributed by atoms with Crippen LogP contribution in [-0.2, 0) is 0 Å². The molecule has 2 N–H and O–H groups in total. The molecule has 0 atom stereocenters. The highest BCUT2D eigenvalue weighted by Gasteiger charge is 2.12. The van der Waals surface area contributed by atoms with E-state index in [1.165, 1.54) is 0 Å². The zero-order valence-electron chi connectivity index (χ0n) is 10.7. The number of fused-ring (bicyclic) bond motifs is 2. The maximum Gasteiger partial charge on any atom is 0.257 e. The molecule has 0 aliphatic heterocycles. The summed E-state index contributed by atoms with van der Waals surface area (Å²) in [6.07, 6.45) is 0. The van der Waals surface area contributed by atoms with Gasteiger partial charge in [-0.15, -0.1) is 0 Å². The number of benzene rings is 2. The van der Waals surface area contributed by atoms with Gasteiger partial charge >= 0.3 is 0 Å². The minimum atomic E-state index is -0.258. The van der Waals surface area contributed by atoms with Crippen molar-refractivity contribution in [3.63, 3.8) is 0 Å². The third kappa shape index (κ3) is 1.91. The molecule has 2 aromatic carbocycles. The third-order valence-electron chi connectivity index (χ3n) is 3.14. The number of anilines is 2. The first-order valence-corrected chi connectivity index (χ1v) is 6.25. The summed E-state index contributed by atoms with van der Waals surface area (Å²) in [5.41, 5.74) is 1.21. The van der Waals surface area contributed by atoms with Gasteiger partial charge in [-0.3, -0.25) is 0 Å². The fourth-order valence-corrected chi connectivity index (χ4v) is 2.18. The predicted molar refractivity (Wildman–Crippen MR) is 76.3 cm³/mol. The average Bonchev–Trinajstić information content (AvgIpc) is 2.95. The lowest BCUT2D eigenvalue weighted by Gasteiger charge is -2.09. The second-order valence-corrected chi connectivity index (χ2v) is 4.46. The summed E-state index contributed by atoms with van der Waals surface area (Å²) in [5.74, 6) is -0.0549. The van der Waals surface area contributed by atoms with Crippen LogP contribution >= 0.6 is 0 Å². The lowest BCUT2D eigenvalue weighted by molar-refractivity contribution is 0.314. The second-order valence-electron chi connectivity index (χ2n) is 4.46. The summed E-state index contributed by atoms with van der Waals surface area (Å²) in [7, 11) is 0. The summed E-state index contributed by atoms with van der Waals surface area (Å²) in [6.45, 7) is 0. The summed E-state index contributed by atoms with van der Waals surface area (Å²) < 4.78 is 4.53. The Kier molecular flexibility index (Phi) is 2.43. The Morgan fingerprint density at radius 1 is 0.905 bits per heavy atom. The number of hydrogen-bond acceptors (Lipinski definition) is 7. The van der Waals surface area contributed by atoms with Gasteiger partial charge in [-0.2, -0.15) is 9.97 Å². The van der Waals surface area contributed by atoms with Gasteiger partial charge in [-0.05, 0) is 21.8 Å². The molecular formula is C14H9N5O2. The fraction of sp³-hybridized carbons (Fsp3) is 0. The Morgan fingerprint density at radius 2 is 1.67 bits per heavy atom. The van der Waals surface area contributed by atoms with Crippen LogP contribution in [0.15, 0.2) is 47.1 Å². The van der Waals surface area contributed by atoms with Crippen LogP contribution in [0.4, 0.5) is 11.5 Å². The number of hydrogen-bond donors (Lipinski definition) is 2. The van der Waals surface area contributed by atoms with E-state index >= 15 is 0 Å². The van der Waals surface area contributed by atoms with Crippen molar-refractivity contribution < 1.29 is 9.74 Å². The summed E-state index contributed by atoms with van der Waals surface area (Å²) in [4.78, 5) is 8.02.